The van der Waals surface area contributed by atoms with Gasteiger partial charge in [0, 0.05) is 12.1 Å². The van der Waals surface area contributed by atoms with Crippen molar-refractivity contribution < 1.29 is 4.79 Å². The lowest BCUT2D eigenvalue weighted by Gasteiger charge is -2.39. The molecule has 2 rings (SSSR count). The molecule has 21 heavy (non-hydrogen) atoms. The minimum absolute atomic E-state index is 0.00492. The molecule has 1 amide bonds. The molecule has 0 radical (unpaired) electrons. The Morgan fingerprint density at radius 1 is 1.29 bits per heavy atom. The Labute approximate surface area is 128 Å². The van der Waals surface area contributed by atoms with Gasteiger partial charge in [-0.15, -0.1) is 0 Å². The van der Waals surface area contributed by atoms with Gasteiger partial charge in [0.25, 0.3) is 5.91 Å². The monoisotopic (exact) mass is 288 g/mol. The van der Waals surface area contributed by atoms with Crippen LogP contribution in [-0.2, 0) is 0 Å². The van der Waals surface area contributed by atoms with E-state index in [1.807, 2.05) is 24.3 Å². The molecule has 116 valence electrons. The van der Waals surface area contributed by atoms with Gasteiger partial charge in [-0.25, -0.2) is 0 Å². The summed E-state index contributed by atoms with van der Waals surface area (Å²) in [6, 6.07) is 7.91. The molecule has 1 saturated carbocycles. The summed E-state index contributed by atoms with van der Waals surface area (Å²) in [5.74, 6) is 1.23. The van der Waals surface area contributed by atoms with Crippen LogP contribution in [0.25, 0.3) is 0 Å². The van der Waals surface area contributed by atoms with Crippen LogP contribution in [-0.4, -0.2) is 18.0 Å². The van der Waals surface area contributed by atoms with Gasteiger partial charge in [-0.3, -0.25) is 4.79 Å². The van der Waals surface area contributed by atoms with Crippen LogP contribution < -0.4 is 11.1 Å². The smallest absolute Gasteiger partial charge is 0.251 e. The minimum atomic E-state index is -0.208. The Kier molecular flexibility index (Phi) is 5.04. The number of rotatable bonds is 4. The lowest BCUT2D eigenvalue weighted by Crippen LogP contribution is -2.55. The van der Waals surface area contributed by atoms with Crippen molar-refractivity contribution in [2.24, 2.45) is 11.7 Å². The first-order valence-electron chi connectivity index (χ1n) is 8.08. The van der Waals surface area contributed by atoms with E-state index in [1.54, 1.807) is 0 Å². The van der Waals surface area contributed by atoms with Gasteiger partial charge in [0.1, 0.15) is 0 Å². The van der Waals surface area contributed by atoms with E-state index < -0.39 is 0 Å². The van der Waals surface area contributed by atoms with Crippen LogP contribution in [0, 0.1) is 5.92 Å². The van der Waals surface area contributed by atoms with Gasteiger partial charge < -0.3 is 11.1 Å². The maximum Gasteiger partial charge on any atom is 0.251 e. The molecule has 3 heteroatoms. The molecule has 0 atom stereocenters. The summed E-state index contributed by atoms with van der Waals surface area (Å²) in [4.78, 5) is 12.5. The maximum absolute atomic E-state index is 12.5. The fourth-order valence-corrected chi connectivity index (χ4v) is 3.03. The number of carbonyl (C=O) groups excluding carboxylic acids is 1. The predicted molar refractivity (Wildman–Crippen MR) is 87.4 cm³/mol. The standard InChI is InChI=1S/C18H28N2O/c1-13(2)15-4-6-16(7-5-15)17(21)20-18(12-19)10-8-14(3)9-11-18/h4-7,13-14H,8-12,19H2,1-3H3,(H,20,21). The first kappa shape index (κ1) is 16.0. The van der Waals surface area contributed by atoms with E-state index in [0.29, 0.717) is 12.5 Å². The first-order chi connectivity index (χ1) is 9.96. The highest BCUT2D eigenvalue weighted by atomic mass is 16.1. The number of amides is 1. The van der Waals surface area contributed by atoms with Crippen molar-refractivity contribution in [2.45, 2.75) is 57.9 Å². The predicted octanol–water partition coefficient (Wildman–Crippen LogP) is 3.45. The molecule has 0 bridgehead atoms. The molecule has 1 aromatic carbocycles. The molecule has 0 spiro atoms. The number of carbonyl (C=O) groups is 1. The molecule has 0 aromatic heterocycles. The van der Waals surface area contributed by atoms with Gasteiger partial charge in [-0.2, -0.15) is 0 Å². The second-order valence-corrected chi connectivity index (χ2v) is 6.90. The Hall–Kier alpha value is -1.35. The summed E-state index contributed by atoms with van der Waals surface area (Å²) in [6.07, 6.45) is 4.26. The van der Waals surface area contributed by atoms with E-state index in [2.05, 4.69) is 26.1 Å². The molecule has 3 nitrogen and oxygen atoms in total. The summed E-state index contributed by atoms with van der Waals surface area (Å²) in [6.45, 7) is 7.10. The van der Waals surface area contributed by atoms with E-state index in [0.717, 1.165) is 37.2 Å². The van der Waals surface area contributed by atoms with E-state index >= 15 is 0 Å². The Balaban J connectivity index is 2.05. The van der Waals surface area contributed by atoms with Crippen molar-refractivity contribution in [3.8, 4) is 0 Å². The summed E-state index contributed by atoms with van der Waals surface area (Å²) < 4.78 is 0. The molecule has 3 N–H and O–H groups in total. The van der Waals surface area contributed by atoms with Gasteiger partial charge in [-0.05, 0) is 55.2 Å². The van der Waals surface area contributed by atoms with Gasteiger partial charge in [-0.1, -0.05) is 32.9 Å². The SMILES string of the molecule is CC1CCC(CN)(NC(=O)c2ccc(C(C)C)cc2)CC1. The molecular formula is C18H28N2O. The zero-order chi connectivity index (χ0) is 15.5. The molecule has 0 unspecified atom stereocenters. The van der Waals surface area contributed by atoms with Gasteiger partial charge in [0.05, 0.1) is 5.54 Å². The van der Waals surface area contributed by atoms with Crippen molar-refractivity contribution in [2.75, 3.05) is 6.54 Å². The van der Waals surface area contributed by atoms with Crippen molar-refractivity contribution >= 4 is 5.91 Å². The quantitative estimate of drug-likeness (QED) is 0.891. The molecule has 1 fully saturated rings. The zero-order valence-corrected chi connectivity index (χ0v) is 13.5. The number of nitrogens with one attached hydrogen (secondary N) is 1. The largest absolute Gasteiger partial charge is 0.345 e. The maximum atomic E-state index is 12.5. The second kappa shape index (κ2) is 6.61. The van der Waals surface area contributed by atoms with Crippen LogP contribution in [0.1, 0.15) is 68.3 Å². The molecule has 0 heterocycles. The van der Waals surface area contributed by atoms with Crippen LogP contribution in [0.3, 0.4) is 0 Å². The summed E-state index contributed by atoms with van der Waals surface area (Å²) in [7, 11) is 0. The molecule has 1 aliphatic rings. The van der Waals surface area contributed by atoms with Crippen LogP contribution in [0.5, 0.6) is 0 Å². The van der Waals surface area contributed by atoms with Crippen molar-refractivity contribution in [1.29, 1.82) is 0 Å². The van der Waals surface area contributed by atoms with Crippen molar-refractivity contribution in [3.05, 3.63) is 35.4 Å². The van der Waals surface area contributed by atoms with E-state index in [1.165, 1.54) is 5.56 Å². The summed E-state index contributed by atoms with van der Waals surface area (Å²) in [5.41, 5.74) is 7.73. The topological polar surface area (TPSA) is 55.1 Å². The lowest BCUT2D eigenvalue weighted by atomic mass is 9.77. The zero-order valence-electron chi connectivity index (χ0n) is 13.5. The first-order valence-corrected chi connectivity index (χ1v) is 8.08. The fourth-order valence-electron chi connectivity index (χ4n) is 3.03. The number of hydrogen-bond acceptors (Lipinski definition) is 2. The lowest BCUT2D eigenvalue weighted by molar-refractivity contribution is 0.0860. The molecule has 0 aliphatic heterocycles. The Morgan fingerprint density at radius 3 is 2.33 bits per heavy atom. The number of benzene rings is 1. The Morgan fingerprint density at radius 2 is 1.86 bits per heavy atom. The number of hydrogen-bond donors (Lipinski definition) is 2. The van der Waals surface area contributed by atoms with Gasteiger partial charge >= 0.3 is 0 Å². The third-order valence-corrected chi connectivity index (χ3v) is 4.84. The van der Waals surface area contributed by atoms with Crippen molar-refractivity contribution in [1.82, 2.24) is 5.32 Å². The van der Waals surface area contributed by atoms with Crippen LogP contribution in [0.15, 0.2) is 24.3 Å². The van der Waals surface area contributed by atoms with Crippen molar-refractivity contribution in [3.63, 3.8) is 0 Å². The Bertz CT molecular complexity index is 470. The average molecular weight is 288 g/mol. The molecular weight excluding hydrogens is 260 g/mol. The third kappa shape index (κ3) is 3.85. The highest BCUT2D eigenvalue weighted by Crippen LogP contribution is 2.31. The normalized spacial score (nSPS) is 25.9. The highest BCUT2D eigenvalue weighted by Gasteiger charge is 2.34. The van der Waals surface area contributed by atoms with E-state index in [9.17, 15) is 4.79 Å². The van der Waals surface area contributed by atoms with Gasteiger partial charge in [0.2, 0.25) is 0 Å². The molecule has 1 aromatic rings. The van der Waals surface area contributed by atoms with Crippen LogP contribution in [0.4, 0.5) is 0 Å². The molecule has 1 aliphatic carbocycles. The fraction of sp³-hybridized carbons (Fsp3) is 0.611. The van der Waals surface area contributed by atoms with E-state index in [4.69, 9.17) is 5.73 Å². The summed E-state index contributed by atoms with van der Waals surface area (Å²) >= 11 is 0. The number of nitrogens with two attached hydrogens (primary N) is 1. The third-order valence-electron chi connectivity index (χ3n) is 4.84. The molecule has 0 saturated heterocycles. The van der Waals surface area contributed by atoms with E-state index in [-0.39, 0.29) is 11.4 Å². The van der Waals surface area contributed by atoms with Crippen LogP contribution >= 0.6 is 0 Å². The average Bonchev–Trinajstić information content (AvgIpc) is 2.50. The highest BCUT2D eigenvalue weighted by molar-refractivity contribution is 5.94. The summed E-state index contributed by atoms with van der Waals surface area (Å²) in [5, 5.41) is 3.20. The minimum Gasteiger partial charge on any atom is -0.345 e. The van der Waals surface area contributed by atoms with Gasteiger partial charge in [0.15, 0.2) is 0 Å². The van der Waals surface area contributed by atoms with Crippen LogP contribution in [0.2, 0.25) is 0 Å². The second-order valence-electron chi connectivity index (χ2n) is 6.90.